The van der Waals surface area contributed by atoms with Gasteiger partial charge in [0.25, 0.3) is 0 Å². The van der Waals surface area contributed by atoms with Gasteiger partial charge in [-0.05, 0) is 94.0 Å². The second-order valence-corrected chi connectivity index (χ2v) is 15.3. The number of halogens is 1. The number of hydrogen-bond donors (Lipinski definition) is 2. The summed E-state index contributed by atoms with van der Waals surface area (Å²) in [4.78, 5) is 59.3. The van der Waals surface area contributed by atoms with Crippen molar-refractivity contribution in [1.82, 2.24) is 20.0 Å². The van der Waals surface area contributed by atoms with Crippen LogP contribution in [0.15, 0.2) is 78.9 Å². The van der Waals surface area contributed by atoms with Crippen molar-refractivity contribution in [2.75, 3.05) is 27.2 Å². The fourth-order valence-electron chi connectivity index (χ4n) is 6.25. The molecule has 1 aliphatic heterocycles. The van der Waals surface area contributed by atoms with E-state index in [9.17, 15) is 28.7 Å². The number of carbonyl (C=O) groups is 4. The van der Waals surface area contributed by atoms with Crippen LogP contribution in [0.5, 0.6) is 0 Å². The fourth-order valence-corrected chi connectivity index (χ4v) is 6.25. The number of ether oxygens (including phenoxy) is 1. The molecule has 0 radical (unpaired) electrons. The summed E-state index contributed by atoms with van der Waals surface area (Å²) in [5, 5.41) is 14.9. The lowest BCUT2D eigenvalue weighted by Crippen LogP contribution is -2.57. The number of benzene rings is 3. The second kappa shape index (κ2) is 17.2. The van der Waals surface area contributed by atoms with E-state index in [0.717, 1.165) is 16.3 Å². The molecular weight excluding hydrogens is 663 g/mol. The monoisotopic (exact) mass is 716 g/mol. The summed E-state index contributed by atoms with van der Waals surface area (Å²) in [6.07, 6.45) is 3.50. The summed E-state index contributed by atoms with van der Waals surface area (Å²) in [5.41, 5.74) is 0.130. The Morgan fingerprint density at radius 3 is 2.12 bits per heavy atom. The molecule has 0 saturated carbocycles. The number of carbonyl (C=O) groups excluding carboxylic acids is 4. The van der Waals surface area contributed by atoms with Crippen molar-refractivity contribution >= 4 is 34.6 Å². The van der Waals surface area contributed by atoms with Crippen LogP contribution in [0, 0.1) is 5.82 Å². The molecule has 0 aliphatic carbocycles. The highest BCUT2D eigenvalue weighted by Crippen LogP contribution is 2.22. The summed E-state index contributed by atoms with van der Waals surface area (Å²) in [6.45, 7) is 9.67. The number of rotatable bonds is 12. The average Bonchev–Trinajstić information content (AvgIpc) is 3.08. The van der Waals surface area contributed by atoms with Gasteiger partial charge in [0.1, 0.15) is 23.5 Å². The average molecular weight is 717 g/mol. The minimum absolute atomic E-state index is 0.139. The highest BCUT2D eigenvalue weighted by Gasteiger charge is 2.37. The van der Waals surface area contributed by atoms with E-state index in [-0.39, 0.29) is 18.7 Å². The molecule has 0 aromatic heterocycles. The Hall–Kier alpha value is -4.77. The summed E-state index contributed by atoms with van der Waals surface area (Å²) in [7, 11) is 3.14. The van der Waals surface area contributed by atoms with Crippen molar-refractivity contribution in [2.24, 2.45) is 0 Å². The minimum atomic E-state index is -0.983. The third-order valence-corrected chi connectivity index (χ3v) is 9.29. The molecule has 4 rings (SSSR count). The van der Waals surface area contributed by atoms with Crippen molar-refractivity contribution in [3.05, 3.63) is 95.8 Å². The van der Waals surface area contributed by atoms with Crippen LogP contribution in [0.3, 0.4) is 0 Å². The zero-order chi connectivity index (χ0) is 38.2. The Morgan fingerprint density at radius 1 is 0.885 bits per heavy atom. The molecule has 1 aliphatic rings. The number of nitrogens with one attached hydrogen (secondary N) is 1. The summed E-state index contributed by atoms with van der Waals surface area (Å²) in [6, 6.07) is 17.7. The summed E-state index contributed by atoms with van der Waals surface area (Å²) in [5.74, 6) is -1.53. The Bertz CT molecular complexity index is 1740. The van der Waals surface area contributed by atoms with Crippen molar-refractivity contribution in [1.29, 1.82) is 0 Å². The number of piperidine rings is 1. The molecule has 4 amide bonds. The van der Waals surface area contributed by atoms with Gasteiger partial charge in [0, 0.05) is 45.6 Å². The van der Waals surface area contributed by atoms with Crippen molar-refractivity contribution in [2.45, 2.75) is 96.1 Å². The van der Waals surface area contributed by atoms with Crippen LogP contribution in [-0.4, -0.2) is 100 Å². The Kier molecular flexibility index (Phi) is 13.2. The SMILES string of the molecule is CN(C(=O)/C=C/CC(C)(C)NC(=O)OC(C)(C)C)[C@H](Cc1ccc2ccccc2c1)C(=O)N(C)[C@H](Cc1ccc(F)cc1)C(=O)N1CCC(O)CC1. The van der Waals surface area contributed by atoms with Gasteiger partial charge in [-0.25, -0.2) is 9.18 Å². The van der Waals surface area contributed by atoms with E-state index in [2.05, 4.69) is 5.32 Å². The zero-order valence-electron chi connectivity index (χ0n) is 31.4. The fraction of sp³-hybridized carbons (Fsp3) is 0.463. The molecule has 0 spiro atoms. The molecule has 2 N–H and O–H groups in total. The highest BCUT2D eigenvalue weighted by molar-refractivity contribution is 5.95. The van der Waals surface area contributed by atoms with E-state index in [1.54, 1.807) is 58.0 Å². The van der Waals surface area contributed by atoms with Crippen LogP contribution in [0.2, 0.25) is 0 Å². The maximum absolute atomic E-state index is 14.6. The standard InChI is InChI=1S/C41H53FN4O6/c1-40(2,3)52-39(51)43-41(4,5)22-10-13-36(48)44(6)34(27-29-14-17-30-11-8-9-12-31(30)25-29)37(49)45(7)35(26-28-15-18-32(42)19-16-28)38(50)46-23-20-33(47)21-24-46/h8-19,25,33-35,47H,20-24,26-27H2,1-7H3,(H,43,51)/b13-10+/t34-,35-/m1/s1. The van der Waals surface area contributed by atoms with Crippen molar-refractivity contribution in [3.8, 4) is 0 Å². The zero-order valence-corrected chi connectivity index (χ0v) is 31.4. The summed E-state index contributed by atoms with van der Waals surface area (Å²) < 4.78 is 19.2. The lowest BCUT2D eigenvalue weighted by Gasteiger charge is -2.38. The predicted molar refractivity (Wildman–Crippen MR) is 200 cm³/mol. The smallest absolute Gasteiger partial charge is 0.408 e. The Balaban J connectivity index is 1.61. The number of aliphatic hydroxyl groups is 1. The largest absolute Gasteiger partial charge is 0.444 e. The van der Waals surface area contributed by atoms with Gasteiger partial charge in [0.15, 0.2) is 0 Å². The first-order chi connectivity index (χ1) is 24.4. The van der Waals surface area contributed by atoms with Crippen LogP contribution in [0.1, 0.15) is 65.0 Å². The number of nitrogens with zero attached hydrogens (tertiary/aromatic N) is 3. The first kappa shape index (κ1) is 40.0. The second-order valence-electron chi connectivity index (χ2n) is 15.3. The van der Waals surface area contributed by atoms with Gasteiger partial charge in [0.2, 0.25) is 17.7 Å². The molecule has 1 heterocycles. The molecule has 1 saturated heterocycles. The molecule has 2 atom stereocenters. The molecule has 52 heavy (non-hydrogen) atoms. The van der Waals surface area contributed by atoms with E-state index in [0.29, 0.717) is 37.9 Å². The van der Waals surface area contributed by atoms with Gasteiger partial charge in [-0.3, -0.25) is 14.4 Å². The van der Waals surface area contributed by atoms with Crippen LogP contribution in [0.25, 0.3) is 10.8 Å². The van der Waals surface area contributed by atoms with E-state index >= 15 is 0 Å². The lowest BCUT2D eigenvalue weighted by molar-refractivity contribution is -0.150. The van der Waals surface area contributed by atoms with Gasteiger partial charge in [-0.15, -0.1) is 0 Å². The molecule has 11 heteroatoms. The van der Waals surface area contributed by atoms with Gasteiger partial charge in [-0.2, -0.15) is 0 Å². The Morgan fingerprint density at radius 2 is 1.48 bits per heavy atom. The number of likely N-dealkylation sites (tertiary alicyclic amines) is 1. The Labute approximate surface area is 306 Å². The molecule has 0 bridgehead atoms. The first-order valence-electron chi connectivity index (χ1n) is 17.8. The molecule has 10 nitrogen and oxygen atoms in total. The molecular formula is C41H53FN4O6. The first-order valence-corrected chi connectivity index (χ1v) is 17.8. The molecule has 280 valence electrons. The third kappa shape index (κ3) is 11.4. The number of aliphatic hydroxyl groups excluding tert-OH is 1. The van der Waals surface area contributed by atoms with Gasteiger partial charge in [0.05, 0.1) is 6.10 Å². The van der Waals surface area contributed by atoms with Crippen molar-refractivity contribution in [3.63, 3.8) is 0 Å². The molecule has 0 unspecified atom stereocenters. The summed E-state index contributed by atoms with van der Waals surface area (Å²) >= 11 is 0. The van der Waals surface area contributed by atoms with E-state index in [4.69, 9.17) is 4.74 Å². The molecule has 1 fully saturated rings. The number of fused-ring (bicyclic) bond motifs is 1. The number of hydrogen-bond acceptors (Lipinski definition) is 6. The van der Waals surface area contributed by atoms with Gasteiger partial charge < -0.3 is 29.9 Å². The molecule has 3 aromatic rings. The highest BCUT2D eigenvalue weighted by atomic mass is 19.1. The van der Waals surface area contributed by atoms with E-state index < -0.39 is 53.1 Å². The third-order valence-electron chi connectivity index (χ3n) is 9.29. The van der Waals surface area contributed by atoms with Gasteiger partial charge in [-0.1, -0.05) is 60.7 Å². The maximum atomic E-state index is 14.6. The molecule has 3 aromatic carbocycles. The minimum Gasteiger partial charge on any atom is -0.444 e. The van der Waals surface area contributed by atoms with Crippen LogP contribution in [-0.2, 0) is 32.0 Å². The van der Waals surface area contributed by atoms with Crippen LogP contribution >= 0.6 is 0 Å². The number of amides is 4. The number of likely N-dealkylation sites (N-methyl/N-ethyl adjacent to an activating group) is 2. The quantitative estimate of drug-likeness (QED) is 0.234. The normalized spacial score (nSPS) is 15.3. The lowest BCUT2D eigenvalue weighted by atomic mass is 9.97. The predicted octanol–water partition coefficient (Wildman–Crippen LogP) is 5.65. The van der Waals surface area contributed by atoms with Crippen molar-refractivity contribution < 1.29 is 33.4 Å². The van der Waals surface area contributed by atoms with Crippen LogP contribution in [0.4, 0.5) is 9.18 Å². The number of alkyl carbamates (subject to hydrolysis) is 1. The maximum Gasteiger partial charge on any atom is 0.408 e. The topological polar surface area (TPSA) is 119 Å². The van der Waals surface area contributed by atoms with Gasteiger partial charge >= 0.3 is 6.09 Å². The van der Waals surface area contributed by atoms with E-state index in [1.807, 2.05) is 56.3 Å². The van der Waals surface area contributed by atoms with E-state index in [1.165, 1.54) is 28.0 Å². The van der Waals surface area contributed by atoms with Crippen LogP contribution < -0.4 is 5.32 Å².